The van der Waals surface area contributed by atoms with Crippen LogP contribution in [0.1, 0.15) is 12.5 Å². The number of nitrogens with two attached hydrogens (primary N) is 1. The zero-order chi connectivity index (χ0) is 10.1. The molecule has 0 saturated carbocycles. The van der Waals surface area contributed by atoms with Crippen molar-refractivity contribution in [1.29, 1.82) is 0 Å². The molecule has 0 aliphatic carbocycles. The van der Waals surface area contributed by atoms with Crippen molar-refractivity contribution >= 4 is 27.5 Å². The summed E-state index contributed by atoms with van der Waals surface area (Å²) in [7, 11) is 0. The van der Waals surface area contributed by atoms with Gasteiger partial charge in [0, 0.05) is 4.47 Å². The van der Waals surface area contributed by atoms with Crippen LogP contribution in [-0.4, -0.2) is 11.7 Å². The minimum absolute atomic E-state index is 0.136. The van der Waals surface area contributed by atoms with E-state index in [2.05, 4.69) is 15.9 Å². The van der Waals surface area contributed by atoms with Crippen LogP contribution in [0.4, 0.5) is 0 Å². The topological polar surface area (TPSA) is 46.2 Å². The predicted octanol–water partition coefficient (Wildman–Crippen LogP) is 2.27. The highest BCUT2D eigenvalue weighted by molar-refractivity contribution is 9.10. The minimum Gasteiger partial charge on any atom is -0.394 e. The molecule has 3 N–H and O–H groups in total. The van der Waals surface area contributed by atoms with Crippen molar-refractivity contribution in [2.24, 2.45) is 5.73 Å². The molecule has 1 aromatic carbocycles. The Labute approximate surface area is 90.8 Å². The van der Waals surface area contributed by atoms with Gasteiger partial charge in [-0.2, -0.15) is 0 Å². The third-order valence-electron chi connectivity index (χ3n) is 1.90. The van der Waals surface area contributed by atoms with Gasteiger partial charge in [0.25, 0.3) is 0 Å². The molecule has 0 aliphatic rings. The monoisotopic (exact) mass is 263 g/mol. The van der Waals surface area contributed by atoms with Crippen LogP contribution >= 0.6 is 27.5 Å². The van der Waals surface area contributed by atoms with Gasteiger partial charge in [-0.1, -0.05) is 23.7 Å². The maximum absolute atomic E-state index is 9.06. The third kappa shape index (κ3) is 2.23. The van der Waals surface area contributed by atoms with Gasteiger partial charge in [0.05, 0.1) is 17.2 Å². The largest absolute Gasteiger partial charge is 0.394 e. The van der Waals surface area contributed by atoms with E-state index in [1.54, 1.807) is 6.92 Å². The van der Waals surface area contributed by atoms with E-state index in [9.17, 15) is 0 Å². The van der Waals surface area contributed by atoms with Gasteiger partial charge in [0.1, 0.15) is 0 Å². The molecule has 1 atom stereocenters. The van der Waals surface area contributed by atoms with Gasteiger partial charge in [-0.3, -0.25) is 0 Å². The van der Waals surface area contributed by atoms with Crippen LogP contribution in [0.2, 0.25) is 5.02 Å². The fourth-order valence-corrected chi connectivity index (χ4v) is 1.74. The minimum atomic E-state index is -0.791. The fraction of sp³-hybridized carbons (Fsp3) is 0.333. The van der Waals surface area contributed by atoms with Crippen LogP contribution in [0.5, 0.6) is 0 Å². The van der Waals surface area contributed by atoms with Crippen molar-refractivity contribution in [2.45, 2.75) is 12.5 Å². The lowest BCUT2D eigenvalue weighted by Crippen LogP contribution is -2.37. The van der Waals surface area contributed by atoms with E-state index in [1.165, 1.54) is 0 Å². The van der Waals surface area contributed by atoms with Gasteiger partial charge in [0.2, 0.25) is 0 Å². The first-order chi connectivity index (χ1) is 5.99. The summed E-state index contributed by atoms with van der Waals surface area (Å²) < 4.78 is 0.789. The molecule has 0 heterocycles. The second kappa shape index (κ2) is 3.96. The summed E-state index contributed by atoms with van der Waals surface area (Å²) >= 11 is 9.32. The van der Waals surface area contributed by atoms with Crippen LogP contribution in [0, 0.1) is 0 Å². The van der Waals surface area contributed by atoms with Crippen molar-refractivity contribution in [3.05, 3.63) is 33.3 Å². The van der Waals surface area contributed by atoms with E-state index in [4.69, 9.17) is 22.4 Å². The number of aliphatic hydroxyl groups is 1. The summed E-state index contributed by atoms with van der Waals surface area (Å²) in [4.78, 5) is 0. The van der Waals surface area contributed by atoms with E-state index in [1.807, 2.05) is 18.2 Å². The lowest BCUT2D eigenvalue weighted by Gasteiger charge is -2.23. The molecule has 1 aromatic rings. The second-order valence-corrected chi connectivity index (χ2v) is 4.41. The molecule has 0 bridgehead atoms. The number of hydrogen-bond donors (Lipinski definition) is 2. The molecule has 4 heteroatoms. The molecule has 0 radical (unpaired) electrons. The summed E-state index contributed by atoms with van der Waals surface area (Å²) in [6.07, 6.45) is 0. The molecule has 72 valence electrons. The summed E-state index contributed by atoms with van der Waals surface area (Å²) in [6, 6.07) is 5.48. The average Bonchev–Trinajstić information content (AvgIpc) is 2.09. The zero-order valence-corrected chi connectivity index (χ0v) is 9.56. The van der Waals surface area contributed by atoms with Crippen molar-refractivity contribution in [3.63, 3.8) is 0 Å². The quantitative estimate of drug-likeness (QED) is 0.861. The Morgan fingerprint density at radius 2 is 2.23 bits per heavy atom. The number of rotatable bonds is 2. The van der Waals surface area contributed by atoms with Crippen LogP contribution in [0.15, 0.2) is 22.7 Å². The highest BCUT2D eigenvalue weighted by atomic mass is 79.9. The third-order valence-corrected chi connectivity index (χ3v) is 3.19. The van der Waals surface area contributed by atoms with E-state index in [0.29, 0.717) is 5.02 Å². The van der Waals surface area contributed by atoms with Crippen molar-refractivity contribution in [1.82, 2.24) is 0 Å². The van der Waals surface area contributed by atoms with E-state index < -0.39 is 5.54 Å². The Morgan fingerprint density at radius 3 is 2.77 bits per heavy atom. The molecule has 0 saturated heterocycles. The van der Waals surface area contributed by atoms with Crippen molar-refractivity contribution < 1.29 is 5.11 Å². The molecule has 1 unspecified atom stereocenters. The number of hydrogen-bond acceptors (Lipinski definition) is 2. The van der Waals surface area contributed by atoms with Crippen molar-refractivity contribution in [2.75, 3.05) is 6.61 Å². The fourth-order valence-electron chi connectivity index (χ4n) is 1.03. The molecular formula is C9H11BrClNO. The molecule has 0 aromatic heterocycles. The number of aliphatic hydroxyl groups excluding tert-OH is 1. The van der Waals surface area contributed by atoms with Crippen LogP contribution in [0.3, 0.4) is 0 Å². The highest BCUT2D eigenvalue weighted by Gasteiger charge is 2.23. The normalized spacial score (nSPS) is 15.5. The standard InChI is InChI=1S/C9H11BrClNO/c1-9(12,5-13)6-3-2-4-7(10)8(6)11/h2-4,13H,5,12H2,1H3. The number of halogens is 2. The second-order valence-electron chi connectivity index (χ2n) is 3.18. The first-order valence-corrected chi connectivity index (χ1v) is 5.00. The summed E-state index contributed by atoms with van der Waals surface area (Å²) in [5.74, 6) is 0. The first-order valence-electron chi connectivity index (χ1n) is 3.83. The lowest BCUT2D eigenvalue weighted by atomic mass is 9.94. The molecule has 0 spiro atoms. The predicted molar refractivity (Wildman–Crippen MR) is 57.8 cm³/mol. The Balaban J connectivity index is 3.22. The molecule has 1 rings (SSSR count). The zero-order valence-electron chi connectivity index (χ0n) is 7.22. The van der Waals surface area contributed by atoms with E-state index in [0.717, 1.165) is 10.0 Å². The van der Waals surface area contributed by atoms with Gasteiger partial charge < -0.3 is 10.8 Å². The highest BCUT2D eigenvalue weighted by Crippen LogP contribution is 2.31. The maximum atomic E-state index is 9.06. The molecule has 13 heavy (non-hydrogen) atoms. The lowest BCUT2D eigenvalue weighted by molar-refractivity contribution is 0.210. The van der Waals surface area contributed by atoms with Crippen LogP contribution < -0.4 is 5.73 Å². The summed E-state index contributed by atoms with van der Waals surface area (Å²) in [6.45, 7) is 1.60. The SMILES string of the molecule is CC(N)(CO)c1cccc(Br)c1Cl. The number of benzene rings is 1. The van der Waals surface area contributed by atoms with Crippen molar-refractivity contribution in [3.8, 4) is 0 Å². The molecule has 0 amide bonds. The van der Waals surface area contributed by atoms with Gasteiger partial charge in [-0.05, 0) is 34.5 Å². The van der Waals surface area contributed by atoms with Gasteiger partial charge in [-0.25, -0.2) is 0 Å². The van der Waals surface area contributed by atoms with Gasteiger partial charge in [0.15, 0.2) is 0 Å². The maximum Gasteiger partial charge on any atom is 0.0651 e. The molecule has 0 fully saturated rings. The Morgan fingerprint density at radius 1 is 1.62 bits per heavy atom. The first kappa shape index (κ1) is 11.0. The van der Waals surface area contributed by atoms with E-state index >= 15 is 0 Å². The van der Waals surface area contributed by atoms with Gasteiger partial charge >= 0.3 is 0 Å². The molecule has 0 aliphatic heterocycles. The molecular weight excluding hydrogens is 253 g/mol. The van der Waals surface area contributed by atoms with Crippen LogP contribution in [-0.2, 0) is 5.54 Å². The van der Waals surface area contributed by atoms with Crippen LogP contribution in [0.25, 0.3) is 0 Å². The Kier molecular flexibility index (Phi) is 3.35. The van der Waals surface area contributed by atoms with E-state index in [-0.39, 0.29) is 6.61 Å². The molecule has 2 nitrogen and oxygen atoms in total. The Bertz CT molecular complexity index is 314. The summed E-state index contributed by atoms with van der Waals surface area (Å²) in [5, 5.41) is 9.62. The Hall–Kier alpha value is -0.0900. The van der Waals surface area contributed by atoms with Gasteiger partial charge in [-0.15, -0.1) is 0 Å². The summed E-state index contributed by atoms with van der Waals surface area (Å²) in [5.41, 5.74) is 5.80. The average molecular weight is 265 g/mol. The smallest absolute Gasteiger partial charge is 0.0651 e.